The van der Waals surface area contributed by atoms with Crippen molar-refractivity contribution >= 4 is 11.9 Å². The second kappa shape index (κ2) is 11.2. The van der Waals surface area contributed by atoms with Crippen LogP contribution in [0, 0.1) is 6.92 Å². The number of esters is 1. The van der Waals surface area contributed by atoms with Crippen LogP contribution in [0.3, 0.4) is 0 Å². The molecule has 0 spiro atoms. The molecule has 0 aliphatic heterocycles. The summed E-state index contributed by atoms with van der Waals surface area (Å²) in [4.78, 5) is 30.5. The zero-order chi connectivity index (χ0) is 22.9. The minimum absolute atomic E-state index is 0.149. The lowest BCUT2D eigenvalue weighted by Gasteiger charge is -2.17. The van der Waals surface area contributed by atoms with E-state index in [2.05, 4.69) is 21.2 Å². The maximum absolute atomic E-state index is 12.7. The fourth-order valence-electron chi connectivity index (χ4n) is 3.49. The number of unbranched alkanes of at least 4 members (excludes halogenated alkanes) is 2. The van der Waals surface area contributed by atoms with E-state index in [0.717, 1.165) is 42.6 Å². The molecule has 0 fully saturated rings. The second-order valence-electron chi connectivity index (χ2n) is 7.73. The quantitative estimate of drug-likeness (QED) is 0.376. The molecule has 2 heterocycles. The van der Waals surface area contributed by atoms with Gasteiger partial charge in [0.25, 0.3) is 5.91 Å². The standard InChI is InChI=1S/C25H30N4O3/c1-4-32-25(31)21-14-15-22(26-18(21)2)24(30)29(3)16-10-6-9-13-20-17-23(28-27-20)19-11-7-5-8-12-19/h5,7-8,11-12,14-15,17H,4,6,9-10,13,16H2,1-3H3,(H,27,28). The molecule has 0 aliphatic rings. The fourth-order valence-corrected chi connectivity index (χ4v) is 3.49. The number of carbonyl (C=O) groups is 2. The van der Waals surface area contributed by atoms with Gasteiger partial charge in [-0.3, -0.25) is 9.89 Å². The molecule has 7 heteroatoms. The molecule has 0 radical (unpaired) electrons. The molecule has 1 N–H and O–H groups in total. The van der Waals surface area contributed by atoms with Crippen LogP contribution < -0.4 is 0 Å². The van der Waals surface area contributed by atoms with Crippen molar-refractivity contribution in [2.24, 2.45) is 0 Å². The van der Waals surface area contributed by atoms with Gasteiger partial charge in [0.15, 0.2) is 0 Å². The molecular formula is C25H30N4O3. The van der Waals surface area contributed by atoms with Gasteiger partial charge in [0.2, 0.25) is 0 Å². The van der Waals surface area contributed by atoms with Crippen LogP contribution in [0.15, 0.2) is 48.5 Å². The Labute approximate surface area is 188 Å². The average molecular weight is 435 g/mol. The van der Waals surface area contributed by atoms with Crippen LogP contribution in [0.1, 0.15) is 58.4 Å². The number of aromatic nitrogens is 3. The first-order valence-corrected chi connectivity index (χ1v) is 11.0. The summed E-state index contributed by atoms with van der Waals surface area (Å²) in [5.74, 6) is -0.567. The number of rotatable bonds is 10. The molecule has 0 atom stereocenters. The monoisotopic (exact) mass is 434 g/mol. The van der Waals surface area contributed by atoms with Gasteiger partial charge in [-0.15, -0.1) is 0 Å². The summed E-state index contributed by atoms with van der Waals surface area (Å²) in [6, 6.07) is 15.4. The van der Waals surface area contributed by atoms with Gasteiger partial charge in [0.1, 0.15) is 5.69 Å². The molecule has 0 aliphatic carbocycles. The van der Waals surface area contributed by atoms with E-state index in [1.807, 2.05) is 30.3 Å². The van der Waals surface area contributed by atoms with Crippen molar-refractivity contribution in [2.45, 2.75) is 39.5 Å². The van der Waals surface area contributed by atoms with Crippen LogP contribution in [0.25, 0.3) is 11.3 Å². The molecule has 3 rings (SSSR count). The molecule has 168 valence electrons. The zero-order valence-electron chi connectivity index (χ0n) is 18.9. The van der Waals surface area contributed by atoms with E-state index in [1.165, 1.54) is 0 Å². The Morgan fingerprint density at radius 1 is 1.06 bits per heavy atom. The first-order valence-electron chi connectivity index (χ1n) is 11.0. The molecule has 7 nitrogen and oxygen atoms in total. The summed E-state index contributed by atoms with van der Waals surface area (Å²) in [5.41, 5.74) is 4.41. The smallest absolute Gasteiger partial charge is 0.339 e. The molecule has 0 bridgehead atoms. The Bertz CT molecular complexity index is 1050. The van der Waals surface area contributed by atoms with Gasteiger partial charge in [-0.25, -0.2) is 9.78 Å². The number of H-pyrrole nitrogens is 1. The third-order valence-electron chi connectivity index (χ3n) is 5.29. The molecule has 1 amide bonds. The first kappa shape index (κ1) is 23.2. The molecule has 2 aromatic heterocycles. The number of pyridine rings is 1. The molecule has 0 saturated heterocycles. The summed E-state index contributed by atoms with van der Waals surface area (Å²) < 4.78 is 5.01. The lowest BCUT2D eigenvalue weighted by atomic mass is 10.1. The maximum atomic E-state index is 12.7. The maximum Gasteiger partial charge on any atom is 0.339 e. The SMILES string of the molecule is CCOC(=O)c1ccc(C(=O)N(C)CCCCCc2cc(-c3ccccc3)n[nH]2)nc1C. The highest BCUT2D eigenvalue weighted by Crippen LogP contribution is 2.18. The van der Waals surface area contributed by atoms with E-state index in [1.54, 1.807) is 37.9 Å². The first-order chi connectivity index (χ1) is 15.5. The lowest BCUT2D eigenvalue weighted by molar-refractivity contribution is 0.0524. The average Bonchev–Trinajstić information content (AvgIpc) is 3.28. The fraction of sp³-hybridized carbons (Fsp3) is 0.360. The Morgan fingerprint density at radius 2 is 1.84 bits per heavy atom. The van der Waals surface area contributed by atoms with E-state index < -0.39 is 5.97 Å². The Hall–Kier alpha value is -3.48. The number of carbonyl (C=O) groups excluding carboxylic acids is 2. The van der Waals surface area contributed by atoms with Gasteiger partial charge < -0.3 is 9.64 Å². The number of benzene rings is 1. The second-order valence-corrected chi connectivity index (χ2v) is 7.73. The van der Waals surface area contributed by atoms with Crippen LogP contribution in [0.4, 0.5) is 0 Å². The summed E-state index contributed by atoms with van der Waals surface area (Å²) in [5, 5.41) is 7.50. The van der Waals surface area contributed by atoms with E-state index in [-0.39, 0.29) is 5.91 Å². The number of hydrogen-bond acceptors (Lipinski definition) is 5. The lowest BCUT2D eigenvalue weighted by Crippen LogP contribution is -2.29. The normalized spacial score (nSPS) is 10.7. The van der Waals surface area contributed by atoms with Crippen molar-refractivity contribution in [2.75, 3.05) is 20.2 Å². The zero-order valence-corrected chi connectivity index (χ0v) is 18.9. The van der Waals surface area contributed by atoms with Gasteiger partial charge in [0, 0.05) is 24.8 Å². The van der Waals surface area contributed by atoms with Gasteiger partial charge >= 0.3 is 5.97 Å². The molecule has 0 saturated carbocycles. The van der Waals surface area contributed by atoms with Crippen molar-refractivity contribution in [1.29, 1.82) is 0 Å². The highest BCUT2D eigenvalue weighted by Gasteiger charge is 2.17. The van der Waals surface area contributed by atoms with Gasteiger partial charge in [-0.2, -0.15) is 5.10 Å². The summed E-state index contributed by atoms with van der Waals surface area (Å²) in [6.07, 6.45) is 3.85. The third kappa shape index (κ3) is 6.03. The number of aromatic amines is 1. The summed E-state index contributed by atoms with van der Waals surface area (Å²) >= 11 is 0. The minimum atomic E-state index is -0.419. The van der Waals surface area contributed by atoms with E-state index >= 15 is 0 Å². The predicted octanol–water partition coefficient (Wildman–Crippen LogP) is 4.44. The minimum Gasteiger partial charge on any atom is -0.462 e. The van der Waals surface area contributed by atoms with E-state index in [0.29, 0.717) is 30.1 Å². The van der Waals surface area contributed by atoms with Gasteiger partial charge in [0.05, 0.1) is 23.6 Å². The Kier molecular flexibility index (Phi) is 8.14. The molecule has 1 aromatic carbocycles. The Morgan fingerprint density at radius 3 is 2.56 bits per heavy atom. The summed E-state index contributed by atoms with van der Waals surface area (Å²) in [6.45, 7) is 4.42. The highest BCUT2D eigenvalue weighted by molar-refractivity contribution is 5.94. The predicted molar refractivity (Wildman–Crippen MR) is 123 cm³/mol. The molecule has 3 aromatic rings. The van der Waals surface area contributed by atoms with Crippen LogP contribution in [0.5, 0.6) is 0 Å². The number of nitrogens with zero attached hydrogens (tertiary/aromatic N) is 3. The number of amides is 1. The summed E-state index contributed by atoms with van der Waals surface area (Å²) in [7, 11) is 1.78. The number of nitrogens with one attached hydrogen (secondary N) is 1. The number of ether oxygens (including phenoxy) is 1. The number of hydrogen-bond donors (Lipinski definition) is 1. The van der Waals surface area contributed by atoms with E-state index in [4.69, 9.17) is 4.74 Å². The van der Waals surface area contributed by atoms with Gasteiger partial charge in [-0.05, 0) is 51.3 Å². The molecule has 0 unspecified atom stereocenters. The van der Waals surface area contributed by atoms with Crippen molar-refractivity contribution in [3.05, 3.63) is 71.2 Å². The molecule has 32 heavy (non-hydrogen) atoms. The van der Waals surface area contributed by atoms with Crippen LogP contribution in [0.2, 0.25) is 0 Å². The Balaban J connectivity index is 1.42. The number of aryl methyl sites for hydroxylation is 2. The van der Waals surface area contributed by atoms with Crippen LogP contribution in [-0.4, -0.2) is 52.2 Å². The van der Waals surface area contributed by atoms with Crippen molar-refractivity contribution < 1.29 is 14.3 Å². The highest BCUT2D eigenvalue weighted by atomic mass is 16.5. The van der Waals surface area contributed by atoms with Gasteiger partial charge in [-0.1, -0.05) is 36.8 Å². The van der Waals surface area contributed by atoms with Crippen LogP contribution >= 0.6 is 0 Å². The third-order valence-corrected chi connectivity index (χ3v) is 5.29. The molecular weight excluding hydrogens is 404 g/mol. The van der Waals surface area contributed by atoms with Crippen molar-refractivity contribution in [3.63, 3.8) is 0 Å². The van der Waals surface area contributed by atoms with E-state index in [9.17, 15) is 9.59 Å². The van der Waals surface area contributed by atoms with Crippen molar-refractivity contribution in [1.82, 2.24) is 20.1 Å². The topological polar surface area (TPSA) is 88.2 Å². The van der Waals surface area contributed by atoms with Crippen LogP contribution in [-0.2, 0) is 11.2 Å². The largest absolute Gasteiger partial charge is 0.462 e. The van der Waals surface area contributed by atoms with Crippen molar-refractivity contribution in [3.8, 4) is 11.3 Å².